The molecule has 14 heteroatoms. The van der Waals surface area contributed by atoms with E-state index in [2.05, 4.69) is 24.4 Å². The van der Waals surface area contributed by atoms with Crippen LogP contribution in [-0.4, -0.2) is 77.5 Å². The number of ether oxygens (including phenoxy) is 1. The highest BCUT2D eigenvalue weighted by Crippen LogP contribution is 2.39. The van der Waals surface area contributed by atoms with Crippen molar-refractivity contribution in [2.45, 2.75) is 43.8 Å². The number of aliphatic hydroxyl groups is 2. The Balaban J connectivity index is 1.64. The van der Waals surface area contributed by atoms with Crippen molar-refractivity contribution in [2.24, 2.45) is 0 Å². The number of rotatable bonds is 5. The van der Waals surface area contributed by atoms with Gasteiger partial charge in [-0.25, -0.2) is 9.55 Å². The lowest BCUT2D eigenvalue weighted by Gasteiger charge is -2.27. The molecule has 0 aliphatic carbocycles. The SMILES string of the molecule is Nc1nc(N2CCCCC2)c2ncn([C@@H]3O[C@H](COP(=O)(O)O)[C@@H](O)[C@H]3O)c2n1. The number of fused-ring (bicyclic) bond motifs is 1. The molecule has 2 aliphatic heterocycles. The normalized spacial score (nSPS) is 28.3. The van der Waals surface area contributed by atoms with E-state index in [1.807, 2.05) is 0 Å². The Morgan fingerprint density at radius 2 is 1.93 bits per heavy atom. The lowest BCUT2D eigenvalue weighted by Crippen LogP contribution is -2.33. The van der Waals surface area contributed by atoms with Crippen LogP contribution in [0.15, 0.2) is 6.33 Å². The van der Waals surface area contributed by atoms with Gasteiger partial charge in [-0.2, -0.15) is 9.97 Å². The molecular weight excluding hydrogens is 407 g/mol. The van der Waals surface area contributed by atoms with Crippen LogP contribution in [0.4, 0.5) is 11.8 Å². The third kappa shape index (κ3) is 4.08. The van der Waals surface area contributed by atoms with Gasteiger partial charge in [0.1, 0.15) is 18.3 Å². The number of phosphoric ester groups is 1. The van der Waals surface area contributed by atoms with Crippen LogP contribution < -0.4 is 10.6 Å². The largest absolute Gasteiger partial charge is 0.469 e. The van der Waals surface area contributed by atoms with Crippen molar-refractivity contribution >= 4 is 30.8 Å². The lowest BCUT2D eigenvalue weighted by atomic mass is 10.1. The number of hydrogen-bond donors (Lipinski definition) is 5. The molecule has 0 unspecified atom stereocenters. The van der Waals surface area contributed by atoms with Crippen LogP contribution in [0.5, 0.6) is 0 Å². The number of anilines is 2. The van der Waals surface area contributed by atoms with E-state index < -0.39 is 39.0 Å². The van der Waals surface area contributed by atoms with Gasteiger partial charge < -0.3 is 35.4 Å². The van der Waals surface area contributed by atoms with Gasteiger partial charge in [0.05, 0.1) is 12.9 Å². The van der Waals surface area contributed by atoms with Gasteiger partial charge in [0.2, 0.25) is 5.95 Å². The van der Waals surface area contributed by atoms with E-state index >= 15 is 0 Å². The molecule has 4 heterocycles. The molecule has 4 atom stereocenters. The van der Waals surface area contributed by atoms with E-state index in [1.165, 1.54) is 10.9 Å². The second-order valence-electron chi connectivity index (χ2n) is 7.11. The maximum atomic E-state index is 10.9. The molecule has 0 amide bonds. The van der Waals surface area contributed by atoms with Crippen LogP contribution in [-0.2, 0) is 13.8 Å². The van der Waals surface area contributed by atoms with Gasteiger partial charge >= 0.3 is 7.82 Å². The van der Waals surface area contributed by atoms with Gasteiger partial charge in [-0.3, -0.25) is 9.09 Å². The second kappa shape index (κ2) is 7.76. The number of hydrogen-bond acceptors (Lipinski definition) is 10. The lowest BCUT2D eigenvalue weighted by molar-refractivity contribution is -0.0503. The summed E-state index contributed by atoms with van der Waals surface area (Å²) in [6.07, 6.45) is -0.457. The maximum Gasteiger partial charge on any atom is 0.469 e. The van der Waals surface area contributed by atoms with Gasteiger partial charge in [-0.05, 0) is 19.3 Å². The minimum absolute atomic E-state index is 0.0363. The molecule has 0 aromatic carbocycles. The molecule has 6 N–H and O–H groups in total. The minimum atomic E-state index is -4.75. The predicted octanol–water partition coefficient (Wildman–Crippen LogP) is -0.873. The van der Waals surface area contributed by atoms with Gasteiger partial charge in [0.15, 0.2) is 23.2 Å². The fraction of sp³-hybridized carbons (Fsp3) is 0.667. The molecule has 160 valence electrons. The number of nitrogens with two attached hydrogens (primary N) is 1. The Morgan fingerprint density at radius 1 is 1.21 bits per heavy atom. The van der Waals surface area contributed by atoms with Crippen molar-refractivity contribution in [3.63, 3.8) is 0 Å². The zero-order valence-electron chi connectivity index (χ0n) is 15.4. The number of imidazole rings is 1. The quantitative estimate of drug-likeness (QED) is 0.369. The summed E-state index contributed by atoms with van der Waals surface area (Å²) in [4.78, 5) is 32.7. The van der Waals surface area contributed by atoms with E-state index in [9.17, 15) is 14.8 Å². The van der Waals surface area contributed by atoms with Gasteiger partial charge in [0, 0.05) is 13.1 Å². The summed E-state index contributed by atoms with van der Waals surface area (Å²) in [5, 5.41) is 20.6. The first-order chi connectivity index (χ1) is 13.7. The van der Waals surface area contributed by atoms with E-state index in [1.54, 1.807) is 0 Å². The zero-order chi connectivity index (χ0) is 20.8. The fourth-order valence-electron chi connectivity index (χ4n) is 3.70. The molecule has 0 saturated carbocycles. The Kier molecular flexibility index (Phi) is 5.46. The summed E-state index contributed by atoms with van der Waals surface area (Å²) in [6, 6.07) is 0. The molecule has 2 fully saturated rings. The van der Waals surface area contributed by atoms with Crippen LogP contribution in [0.3, 0.4) is 0 Å². The Bertz CT molecular complexity index is 929. The zero-order valence-corrected chi connectivity index (χ0v) is 16.3. The molecule has 0 bridgehead atoms. The van der Waals surface area contributed by atoms with Gasteiger partial charge in [-0.15, -0.1) is 0 Å². The van der Waals surface area contributed by atoms with Crippen LogP contribution >= 0.6 is 7.82 Å². The summed E-state index contributed by atoms with van der Waals surface area (Å²) >= 11 is 0. The van der Waals surface area contributed by atoms with Crippen LogP contribution in [0.2, 0.25) is 0 Å². The second-order valence-corrected chi connectivity index (χ2v) is 8.35. The molecule has 2 aliphatic rings. The summed E-state index contributed by atoms with van der Waals surface area (Å²) in [7, 11) is -4.75. The highest BCUT2D eigenvalue weighted by Gasteiger charge is 2.45. The average Bonchev–Trinajstić information content (AvgIpc) is 3.21. The number of nitrogen functional groups attached to an aromatic ring is 1. The number of piperidine rings is 1. The first-order valence-corrected chi connectivity index (χ1v) is 10.7. The average molecular weight is 430 g/mol. The van der Waals surface area contributed by atoms with Gasteiger partial charge in [-0.1, -0.05) is 0 Å². The number of aromatic nitrogens is 4. The number of phosphoric acid groups is 1. The van der Waals surface area contributed by atoms with Crippen molar-refractivity contribution in [1.82, 2.24) is 19.5 Å². The third-order valence-electron chi connectivity index (χ3n) is 5.09. The molecule has 0 radical (unpaired) electrons. The molecular formula is C15H23N6O7P. The highest BCUT2D eigenvalue weighted by molar-refractivity contribution is 7.46. The molecule has 13 nitrogen and oxygen atoms in total. The van der Waals surface area contributed by atoms with Crippen molar-refractivity contribution in [3.05, 3.63) is 6.33 Å². The van der Waals surface area contributed by atoms with Crippen molar-refractivity contribution in [2.75, 3.05) is 30.3 Å². The topological polar surface area (TPSA) is 189 Å². The first-order valence-electron chi connectivity index (χ1n) is 9.21. The summed E-state index contributed by atoms with van der Waals surface area (Å²) in [6.45, 7) is 1.05. The van der Waals surface area contributed by atoms with Crippen molar-refractivity contribution in [1.29, 1.82) is 0 Å². The molecule has 0 spiro atoms. The summed E-state index contributed by atoms with van der Waals surface area (Å²) in [5.41, 5.74) is 6.71. The Morgan fingerprint density at radius 3 is 2.62 bits per heavy atom. The fourth-order valence-corrected chi connectivity index (χ4v) is 4.04. The number of nitrogens with zero attached hydrogens (tertiary/aromatic N) is 5. The molecule has 29 heavy (non-hydrogen) atoms. The Labute approximate surface area is 165 Å². The first kappa shape index (κ1) is 20.4. The van der Waals surface area contributed by atoms with E-state index in [0.29, 0.717) is 17.0 Å². The van der Waals surface area contributed by atoms with Crippen molar-refractivity contribution in [3.8, 4) is 0 Å². The summed E-state index contributed by atoms with van der Waals surface area (Å²) < 4.78 is 22.3. The van der Waals surface area contributed by atoms with Crippen molar-refractivity contribution < 1.29 is 33.8 Å². The van der Waals surface area contributed by atoms with E-state index in [0.717, 1.165) is 32.4 Å². The van der Waals surface area contributed by atoms with E-state index in [4.69, 9.17) is 20.3 Å². The summed E-state index contributed by atoms with van der Waals surface area (Å²) in [5.74, 6) is 0.634. The standard InChI is InChI=1S/C15H23N6O7P/c16-15-18-12(20-4-2-1-3-5-20)9-13(19-15)21(7-17-9)14-11(23)10(22)8(28-14)6-27-29(24,25)26/h7-8,10-11,14,22-23H,1-6H2,(H2,16,18,19)(H2,24,25,26)/t8-,10-,11-,14-/m1/s1. The van der Waals surface area contributed by atoms with Gasteiger partial charge in [0.25, 0.3) is 0 Å². The molecule has 2 aromatic rings. The molecule has 4 rings (SSSR count). The van der Waals surface area contributed by atoms with Crippen LogP contribution in [0.25, 0.3) is 11.2 Å². The van der Waals surface area contributed by atoms with Crippen LogP contribution in [0.1, 0.15) is 25.5 Å². The molecule has 2 aromatic heterocycles. The highest BCUT2D eigenvalue weighted by atomic mass is 31.2. The monoisotopic (exact) mass is 430 g/mol. The van der Waals surface area contributed by atoms with Crippen LogP contribution in [0, 0.1) is 0 Å². The van der Waals surface area contributed by atoms with E-state index in [-0.39, 0.29) is 5.95 Å². The smallest absolute Gasteiger partial charge is 0.387 e. The maximum absolute atomic E-state index is 10.9. The third-order valence-corrected chi connectivity index (χ3v) is 5.58. The Hall–Kier alpha value is -1.86. The molecule has 2 saturated heterocycles. The predicted molar refractivity (Wildman–Crippen MR) is 99.7 cm³/mol. The minimum Gasteiger partial charge on any atom is -0.387 e. The number of aliphatic hydroxyl groups excluding tert-OH is 2.